The first kappa shape index (κ1) is 15.2. The van der Waals surface area contributed by atoms with E-state index in [-0.39, 0.29) is 5.91 Å². The molecule has 106 valence electrons. The lowest BCUT2D eigenvalue weighted by Gasteiger charge is -2.10. The molecule has 0 saturated carbocycles. The van der Waals surface area contributed by atoms with Gasteiger partial charge in [-0.2, -0.15) is 5.26 Å². The maximum atomic E-state index is 11.0. The largest absolute Gasteiger partial charge is 0.456 e. The van der Waals surface area contributed by atoms with Crippen molar-refractivity contribution in [3.05, 3.63) is 52.0 Å². The van der Waals surface area contributed by atoms with Gasteiger partial charge in [-0.1, -0.05) is 23.2 Å². The van der Waals surface area contributed by atoms with Gasteiger partial charge in [0.25, 0.3) is 0 Å². The Morgan fingerprint density at radius 2 is 1.95 bits per heavy atom. The fraction of sp³-hybridized carbons (Fsp3) is 0.0667. The zero-order valence-electron chi connectivity index (χ0n) is 11.0. The Balaban J connectivity index is 2.29. The molecule has 0 spiro atoms. The summed E-state index contributed by atoms with van der Waals surface area (Å²) in [6.45, 7) is 1.40. The fourth-order valence-corrected chi connectivity index (χ4v) is 1.94. The number of halogens is 2. The molecule has 1 N–H and O–H groups in total. The van der Waals surface area contributed by atoms with Gasteiger partial charge in [-0.25, -0.2) is 0 Å². The predicted octanol–water partition coefficient (Wildman–Crippen LogP) is 4.62. The Kier molecular flexibility index (Phi) is 4.69. The van der Waals surface area contributed by atoms with Gasteiger partial charge in [0.05, 0.1) is 15.6 Å². The molecule has 0 heterocycles. The van der Waals surface area contributed by atoms with E-state index in [4.69, 9.17) is 33.2 Å². The number of anilines is 1. The van der Waals surface area contributed by atoms with Crippen LogP contribution in [0, 0.1) is 11.3 Å². The number of benzene rings is 2. The molecule has 6 heteroatoms. The maximum Gasteiger partial charge on any atom is 0.221 e. The van der Waals surface area contributed by atoms with E-state index < -0.39 is 0 Å². The molecule has 0 saturated heterocycles. The topological polar surface area (TPSA) is 62.1 Å². The minimum atomic E-state index is -0.211. The number of nitrogens with one attached hydrogen (secondary N) is 1. The van der Waals surface area contributed by atoms with E-state index in [1.54, 1.807) is 30.3 Å². The number of carbonyl (C=O) groups excluding carboxylic acids is 1. The summed E-state index contributed by atoms with van der Waals surface area (Å²) in [6.07, 6.45) is 0. The number of amides is 1. The molecule has 0 bridgehead atoms. The van der Waals surface area contributed by atoms with Gasteiger partial charge in [0, 0.05) is 18.7 Å². The van der Waals surface area contributed by atoms with Crippen LogP contribution >= 0.6 is 23.2 Å². The number of carbonyl (C=O) groups is 1. The molecular weight excluding hydrogens is 311 g/mol. The molecule has 0 radical (unpaired) electrons. The Morgan fingerprint density at radius 3 is 2.57 bits per heavy atom. The SMILES string of the molecule is CC(=O)Nc1ccc(Oc2ccc(Cl)c(Cl)c2)c(C#N)c1. The summed E-state index contributed by atoms with van der Waals surface area (Å²) in [4.78, 5) is 11.0. The second-order valence-corrected chi connectivity index (χ2v) is 5.00. The van der Waals surface area contributed by atoms with Gasteiger partial charge in [-0.15, -0.1) is 0 Å². The average Bonchev–Trinajstić information content (AvgIpc) is 2.44. The quantitative estimate of drug-likeness (QED) is 0.897. The number of rotatable bonds is 3. The molecule has 1 amide bonds. The Labute approximate surface area is 131 Å². The number of nitrogens with zero attached hydrogens (tertiary/aromatic N) is 1. The van der Waals surface area contributed by atoms with Gasteiger partial charge in [-0.05, 0) is 30.3 Å². The molecule has 4 nitrogen and oxygen atoms in total. The van der Waals surface area contributed by atoms with E-state index >= 15 is 0 Å². The summed E-state index contributed by atoms with van der Waals surface area (Å²) in [5, 5.41) is 12.6. The van der Waals surface area contributed by atoms with Crippen LogP contribution in [0.15, 0.2) is 36.4 Å². The van der Waals surface area contributed by atoms with E-state index in [2.05, 4.69) is 5.32 Å². The molecule has 2 aromatic carbocycles. The maximum absolute atomic E-state index is 11.0. The van der Waals surface area contributed by atoms with Crippen LogP contribution in [-0.4, -0.2) is 5.91 Å². The van der Waals surface area contributed by atoms with Gasteiger partial charge in [-0.3, -0.25) is 4.79 Å². The van der Waals surface area contributed by atoms with Gasteiger partial charge >= 0.3 is 0 Å². The lowest BCUT2D eigenvalue weighted by molar-refractivity contribution is -0.114. The third-order valence-corrected chi connectivity index (χ3v) is 3.28. The van der Waals surface area contributed by atoms with Crippen molar-refractivity contribution in [1.82, 2.24) is 0 Å². The summed E-state index contributed by atoms with van der Waals surface area (Å²) in [6, 6.07) is 11.6. The molecule has 21 heavy (non-hydrogen) atoms. The molecule has 0 fully saturated rings. The van der Waals surface area contributed by atoms with Gasteiger partial charge in [0.1, 0.15) is 17.6 Å². The molecular formula is C15H10Cl2N2O2. The van der Waals surface area contributed by atoms with Crippen molar-refractivity contribution in [2.24, 2.45) is 0 Å². The zero-order chi connectivity index (χ0) is 15.4. The monoisotopic (exact) mass is 320 g/mol. The summed E-state index contributed by atoms with van der Waals surface area (Å²) < 4.78 is 5.62. The lowest BCUT2D eigenvalue weighted by Crippen LogP contribution is -2.05. The van der Waals surface area contributed by atoms with Crippen LogP contribution in [0.3, 0.4) is 0 Å². The number of hydrogen-bond acceptors (Lipinski definition) is 3. The highest BCUT2D eigenvalue weighted by molar-refractivity contribution is 6.42. The number of hydrogen-bond donors (Lipinski definition) is 1. The van der Waals surface area contributed by atoms with Crippen molar-refractivity contribution in [3.63, 3.8) is 0 Å². The Morgan fingerprint density at radius 1 is 1.19 bits per heavy atom. The summed E-state index contributed by atoms with van der Waals surface area (Å²) in [5.41, 5.74) is 0.827. The van der Waals surface area contributed by atoms with Gasteiger partial charge < -0.3 is 10.1 Å². The van der Waals surface area contributed by atoms with E-state index in [0.29, 0.717) is 32.8 Å². The molecule has 0 aliphatic carbocycles. The summed E-state index contributed by atoms with van der Waals surface area (Å²) in [7, 11) is 0. The molecule has 0 atom stereocenters. The van der Waals surface area contributed by atoms with E-state index in [1.165, 1.54) is 13.0 Å². The highest BCUT2D eigenvalue weighted by atomic mass is 35.5. The second-order valence-electron chi connectivity index (χ2n) is 4.18. The zero-order valence-corrected chi connectivity index (χ0v) is 12.5. The van der Waals surface area contributed by atoms with Crippen molar-refractivity contribution in [2.75, 3.05) is 5.32 Å². The molecule has 0 aliphatic rings. The Hall–Kier alpha value is -2.22. The smallest absolute Gasteiger partial charge is 0.221 e. The standard InChI is InChI=1S/C15H10Cl2N2O2/c1-9(20)19-11-2-5-15(10(6-11)8-18)21-12-3-4-13(16)14(17)7-12/h2-7H,1H3,(H,19,20). The average molecular weight is 321 g/mol. The minimum Gasteiger partial charge on any atom is -0.456 e. The third-order valence-electron chi connectivity index (χ3n) is 2.54. The molecule has 0 aliphatic heterocycles. The third kappa shape index (κ3) is 3.88. The first-order valence-electron chi connectivity index (χ1n) is 5.94. The van der Waals surface area contributed by atoms with Crippen molar-refractivity contribution >= 4 is 34.8 Å². The summed E-state index contributed by atoms with van der Waals surface area (Å²) >= 11 is 11.7. The van der Waals surface area contributed by atoms with Gasteiger partial charge in [0.2, 0.25) is 5.91 Å². The van der Waals surface area contributed by atoms with Crippen molar-refractivity contribution < 1.29 is 9.53 Å². The van der Waals surface area contributed by atoms with Crippen LogP contribution in [0.5, 0.6) is 11.5 Å². The van der Waals surface area contributed by atoms with Crippen molar-refractivity contribution in [3.8, 4) is 17.6 Å². The van der Waals surface area contributed by atoms with Crippen molar-refractivity contribution in [2.45, 2.75) is 6.92 Å². The van der Waals surface area contributed by atoms with E-state index in [9.17, 15) is 4.79 Å². The number of ether oxygens (including phenoxy) is 1. The molecule has 2 rings (SSSR count). The highest BCUT2D eigenvalue weighted by Crippen LogP contribution is 2.31. The van der Waals surface area contributed by atoms with Crippen LogP contribution in [-0.2, 0) is 4.79 Å². The van der Waals surface area contributed by atoms with E-state index in [1.807, 2.05) is 6.07 Å². The van der Waals surface area contributed by atoms with Gasteiger partial charge in [0.15, 0.2) is 0 Å². The van der Waals surface area contributed by atoms with Crippen LogP contribution in [0.1, 0.15) is 12.5 Å². The van der Waals surface area contributed by atoms with Crippen molar-refractivity contribution in [1.29, 1.82) is 5.26 Å². The normalized spacial score (nSPS) is 9.81. The van der Waals surface area contributed by atoms with Crippen LogP contribution in [0.2, 0.25) is 10.0 Å². The highest BCUT2D eigenvalue weighted by Gasteiger charge is 2.08. The second kappa shape index (κ2) is 6.49. The lowest BCUT2D eigenvalue weighted by atomic mass is 10.2. The van der Waals surface area contributed by atoms with E-state index in [0.717, 1.165) is 0 Å². The predicted molar refractivity (Wildman–Crippen MR) is 82.0 cm³/mol. The van der Waals surface area contributed by atoms with Crippen LogP contribution < -0.4 is 10.1 Å². The van der Waals surface area contributed by atoms with Crippen LogP contribution in [0.25, 0.3) is 0 Å². The number of nitriles is 1. The molecule has 0 unspecified atom stereocenters. The van der Waals surface area contributed by atoms with Crippen LogP contribution in [0.4, 0.5) is 5.69 Å². The first-order valence-corrected chi connectivity index (χ1v) is 6.70. The minimum absolute atomic E-state index is 0.211. The molecule has 0 aromatic heterocycles. The Bertz CT molecular complexity index is 739. The summed E-state index contributed by atoms with van der Waals surface area (Å²) in [5.74, 6) is 0.621. The fourth-order valence-electron chi connectivity index (χ4n) is 1.65. The molecule has 2 aromatic rings. The first-order chi connectivity index (χ1) is 9.99.